The SMILES string of the molecule is Cc1nn(-c2ccccc2)c(C)c1[C@H]1CC(=O)Nc2c1cnn2C(C)C. The van der Waals surface area contributed by atoms with Crippen molar-refractivity contribution < 1.29 is 4.79 Å². The quantitative estimate of drug-likeness (QED) is 0.783. The van der Waals surface area contributed by atoms with E-state index in [1.807, 2.05) is 52.8 Å². The summed E-state index contributed by atoms with van der Waals surface area (Å²) in [5, 5.41) is 12.3. The number of carbonyl (C=O) groups is 1. The second-order valence-corrected chi connectivity index (χ2v) is 7.12. The molecule has 2 aromatic heterocycles. The van der Waals surface area contributed by atoms with Crippen LogP contribution in [0.25, 0.3) is 5.69 Å². The van der Waals surface area contributed by atoms with E-state index in [0.29, 0.717) is 6.42 Å². The molecule has 1 aliphatic heterocycles. The summed E-state index contributed by atoms with van der Waals surface area (Å²) in [5.41, 5.74) is 5.23. The molecule has 134 valence electrons. The highest BCUT2D eigenvalue weighted by Gasteiger charge is 2.33. The number of nitrogens with zero attached hydrogens (tertiary/aromatic N) is 4. The Kier molecular flexibility index (Phi) is 3.90. The molecule has 0 radical (unpaired) electrons. The van der Waals surface area contributed by atoms with E-state index in [0.717, 1.165) is 34.0 Å². The Balaban J connectivity index is 1.85. The van der Waals surface area contributed by atoms with E-state index in [1.165, 1.54) is 0 Å². The highest BCUT2D eigenvalue weighted by atomic mass is 16.1. The van der Waals surface area contributed by atoms with Crippen LogP contribution in [0.5, 0.6) is 0 Å². The van der Waals surface area contributed by atoms with Crippen molar-refractivity contribution in [3.05, 3.63) is 59.0 Å². The normalized spacial score (nSPS) is 16.7. The minimum absolute atomic E-state index is 0.0242. The first-order chi connectivity index (χ1) is 12.5. The predicted octanol–water partition coefficient (Wildman–Crippen LogP) is 3.74. The van der Waals surface area contributed by atoms with Crippen molar-refractivity contribution in [2.24, 2.45) is 0 Å². The number of carbonyl (C=O) groups excluding carboxylic acids is 1. The smallest absolute Gasteiger partial charge is 0.226 e. The van der Waals surface area contributed by atoms with Crippen LogP contribution < -0.4 is 5.32 Å². The van der Waals surface area contributed by atoms with Crippen molar-refractivity contribution in [2.75, 3.05) is 5.32 Å². The van der Waals surface area contributed by atoms with Crippen LogP contribution in [0.2, 0.25) is 0 Å². The predicted molar refractivity (Wildman–Crippen MR) is 101 cm³/mol. The van der Waals surface area contributed by atoms with Gasteiger partial charge in [-0.3, -0.25) is 4.79 Å². The molecule has 3 aromatic rings. The number of fused-ring (bicyclic) bond motifs is 1. The van der Waals surface area contributed by atoms with Crippen LogP contribution in [-0.4, -0.2) is 25.5 Å². The maximum Gasteiger partial charge on any atom is 0.226 e. The van der Waals surface area contributed by atoms with Crippen molar-refractivity contribution >= 4 is 11.7 Å². The molecule has 0 bridgehead atoms. The number of aromatic nitrogens is 4. The fourth-order valence-corrected chi connectivity index (χ4v) is 3.87. The number of hydrogen-bond donors (Lipinski definition) is 1. The fourth-order valence-electron chi connectivity index (χ4n) is 3.87. The number of benzene rings is 1. The molecule has 1 amide bonds. The second kappa shape index (κ2) is 6.12. The Bertz CT molecular complexity index is 968. The summed E-state index contributed by atoms with van der Waals surface area (Å²) in [6.45, 7) is 8.21. The number of nitrogens with one attached hydrogen (secondary N) is 1. The molecule has 0 saturated heterocycles. The van der Waals surface area contributed by atoms with Gasteiger partial charge in [0.1, 0.15) is 5.82 Å². The number of amides is 1. The van der Waals surface area contributed by atoms with Gasteiger partial charge in [-0.15, -0.1) is 0 Å². The Hall–Kier alpha value is -2.89. The lowest BCUT2D eigenvalue weighted by Gasteiger charge is -2.24. The first-order valence-corrected chi connectivity index (χ1v) is 8.96. The zero-order valence-electron chi connectivity index (χ0n) is 15.5. The Morgan fingerprint density at radius 3 is 2.62 bits per heavy atom. The van der Waals surface area contributed by atoms with Gasteiger partial charge in [0, 0.05) is 35.2 Å². The third-order valence-corrected chi connectivity index (χ3v) is 5.03. The average Bonchev–Trinajstić information content (AvgIpc) is 3.16. The Morgan fingerprint density at radius 1 is 1.19 bits per heavy atom. The van der Waals surface area contributed by atoms with Crippen molar-refractivity contribution in [1.29, 1.82) is 0 Å². The zero-order chi connectivity index (χ0) is 18.4. The maximum absolute atomic E-state index is 12.4. The monoisotopic (exact) mass is 349 g/mol. The van der Waals surface area contributed by atoms with Gasteiger partial charge in [0.15, 0.2) is 0 Å². The lowest BCUT2D eigenvalue weighted by molar-refractivity contribution is -0.116. The molecule has 6 heteroatoms. The molecule has 0 spiro atoms. The van der Waals surface area contributed by atoms with Crippen molar-refractivity contribution in [1.82, 2.24) is 19.6 Å². The summed E-state index contributed by atoms with van der Waals surface area (Å²) in [4.78, 5) is 12.4. The molecule has 26 heavy (non-hydrogen) atoms. The largest absolute Gasteiger partial charge is 0.311 e. The summed E-state index contributed by atoms with van der Waals surface area (Å²) in [5.74, 6) is 0.812. The second-order valence-electron chi connectivity index (χ2n) is 7.12. The van der Waals surface area contributed by atoms with Gasteiger partial charge in [0.05, 0.1) is 17.6 Å². The van der Waals surface area contributed by atoms with E-state index in [2.05, 4.69) is 31.2 Å². The topological polar surface area (TPSA) is 64.7 Å². The molecule has 0 fully saturated rings. The summed E-state index contributed by atoms with van der Waals surface area (Å²) in [6, 6.07) is 10.3. The molecular formula is C20H23N5O. The van der Waals surface area contributed by atoms with E-state index in [1.54, 1.807) is 0 Å². The molecule has 1 aliphatic rings. The lowest BCUT2D eigenvalue weighted by Crippen LogP contribution is -2.25. The molecule has 1 aromatic carbocycles. The van der Waals surface area contributed by atoms with E-state index < -0.39 is 0 Å². The minimum Gasteiger partial charge on any atom is -0.311 e. The Labute approximate surface area is 152 Å². The third-order valence-electron chi connectivity index (χ3n) is 5.03. The summed E-state index contributed by atoms with van der Waals surface area (Å²) < 4.78 is 3.84. The summed E-state index contributed by atoms with van der Waals surface area (Å²) in [7, 11) is 0. The molecule has 0 unspecified atom stereocenters. The van der Waals surface area contributed by atoms with E-state index in [9.17, 15) is 4.79 Å². The standard InChI is InChI=1S/C20H23N5O/c1-12(2)24-20-17(11-21-24)16(10-18(26)22-20)19-13(3)23-25(14(19)4)15-8-6-5-7-9-15/h5-9,11-12,16H,10H2,1-4H3,(H,22,26)/t16-/m0/s1. The Morgan fingerprint density at radius 2 is 1.92 bits per heavy atom. The van der Waals surface area contributed by atoms with E-state index in [-0.39, 0.29) is 17.9 Å². The van der Waals surface area contributed by atoms with Crippen LogP contribution in [0.4, 0.5) is 5.82 Å². The van der Waals surface area contributed by atoms with Crippen molar-refractivity contribution in [2.45, 2.75) is 46.1 Å². The van der Waals surface area contributed by atoms with Gasteiger partial charge in [0.2, 0.25) is 5.91 Å². The van der Waals surface area contributed by atoms with Crippen LogP contribution in [0.3, 0.4) is 0 Å². The highest BCUT2D eigenvalue weighted by Crippen LogP contribution is 2.40. The number of rotatable bonds is 3. The van der Waals surface area contributed by atoms with Crippen LogP contribution in [0.1, 0.15) is 54.7 Å². The van der Waals surface area contributed by atoms with Crippen molar-refractivity contribution in [3.63, 3.8) is 0 Å². The van der Waals surface area contributed by atoms with Crippen LogP contribution in [0.15, 0.2) is 36.5 Å². The minimum atomic E-state index is -0.0243. The molecule has 1 N–H and O–H groups in total. The van der Waals surface area contributed by atoms with Crippen molar-refractivity contribution in [3.8, 4) is 5.69 Å². The maximum atomic E-state index is 12.4. The zero-order valence-corrected chi connectivity index (χ0v) is 15.5. The van der Waals surface area contributed by atoms with Gasteiger partial charge in [0.25, 0.3) is 0 Å². The van der Waals surface area contributed by atoms with Crippen LogP contribution in [-0.2, 0) is 4.79 Å². The third kappa shape index (κ3) is 2.53. The number of hydrogen-bond acceptors (Lipinski definition) is 3. The number of aryl methyl sites for hydroxylation is 1. The van der Waals surface area contributed by atoms with Gasteiger partial charge in [-0.25, -0.2) is 9.36 Å². The number of anilines is 1. The van der Waals surface area contributed by atoms with E-state index >= 15 is 0 Å². The highest BCUT2D eigenvalue weighted by molar-refractivity contribution is 5.94. The van der Waals surface area contributed by atoms with Crippen LogP contribution >= 0.6 is 0 Å². The molecule has 0 saturated carbocycles. The van der Waals surface area contributed by atoms with Gasteiger partial charge < -0.3 is 5.32 Å². The molecular weight excluding hydrogens is 326 g/mol. The fraction of sp³-hybridized carbons (Fsp3) is 0.350. The molecule has 1 atom stereocenters. The van der Waals surface area contributed by atoms with Gasteiger partial charge >= 0.3 is 0 Å². The van der Waals surface area contributed by atoms with Gasteiger partial charge in [-0.05, 0) is 39.8 Å². The van der Waals surface area contributed by atoms with Gasteiger partial charge in [-0.1, -0.05) is 18.2 Å². The molecule has 0 aliphatic carbocycles. The van der Waals surface area contributed by atoms with Crippen LogP contribution in [0, 0.1) is 13.8 Å². The molecule has 3 heterocycles. The molecule has 6 nitrogen and oxygen atoms in total. The first-order valence-electron chi connectivity index (χ1n) is 8.96. The lowest BCUT2D eigenvalue weighted by atomic mass is 9.86. The summed E-state index contributed by atoms with van der Waals surface area (Å²) in [6.07, 6.45) is 2.30. The first kappa shape index (κ1) is 16.6. The van der Waals surface area contributed by atoms with Gasteiger partial charge in [-0.2, -0.15) is 10.2 Å². The summed E-state index contributed by atoms with van der Waals surface area (Å²) >= 11 is 0. The average molecular weight is 349 g/mol. The molecule has 4 rings (SSSR count). The number of para-hydroxylation sites is 1. The van der Waals surface area contributed by atoms with E-state index in [4.69, 9.17) is 5.10 Å².